The molecule has 124 valence electrons. The molecule has 0 amide bonds. The van der Waals surface area contributed by atoms with Crippen molar-refractivity contribution in [1.82, 2.24) is 9.72 Å². The zero-order chi connectivity index (χ0) is 17.0. The first-order valence-corrected chi connectivity index (χ1v) is 8.29. The molecular weight excluding hydrogens is 333 g/mol. The van der Waals surface area contributed by atoms with Gasteiger partial charge in [0.25, 0.3) is 0 Å². The Morgan fingerprint density at radius 3 is 2.67 bits per heavy atom. The molecule has 1 aromatic carbocycles. The number of hydrogen-bond donors (Lipinski definition) is 2. The summed E-state index contributed by atoms with van der Waals surface area (Å²) in [7, 11) is 0. The summed E-state index contributed by atoms with van der Waals surface area (Å²) in [5, 5.41) is 12.6. The largest absolute Gasteiger partial charge is 0.477 e. The lowest BCUT2D eigenvalue weighted by atomic mass is 10.1. The van der Waals surface area contributed by atoms with Crippen LogP contribution in [0, 0.1) is 5.82 Å². The fourth-order valence-electron chi connectivity index (χ4n) is 3.17. The van der Waals surface area contributed by atoms with E-state index in [0.717, 1.165) is 30.5 Å². The van der Waals surface area contributed by atoms with Crippen LogP contribution in [0.15, 0.2) is 16.9 Å². The Hall–Kier alpha value is -2.45. The molecule has 4 rings (SSSR count). The molecule has 0 bridgehead atoms. The van der Waals surface area contributed by atoms with Gasteiger partial charge in [-0.05, 0) is 12.1 Å². The molecule has 24 heavy (non-hydrogen) atoms. The van der Waals surface area contributed by atoms with Gasteiger partial charge in [0.2, 0.25) is 5.43 Å². The number of aromatic carboxylic acids is 1. The lowest BCUT2D eigenvalue weighted by Crippen LogP contribution is -2.44. The number of benzene rings is 1. The first kappa shape index (κ1) is 15.1. The summed E-state index contributed by atoms with van der Waals surface area (Å²) < 4.78 is 16.8. The number of carbonyl (C=O) groups is 1. The van der Waals surface area contributed by atoms with Gasteiger partial charge in [-0.25, -0.2) is 9.18 Å². The third-order valence-corrected chi connectivity index (χ3v) is 5.33. The maximum absolute atomic E-state index is 14.6. The van der Waals surface area contributed by atoms with Crippen molar-refractivity contribution in [2.45, 2.75) is 0 Å². The maximum Gasteiger partial charge on any atom is 0.342 e. The van der Waals surface area contributed by atoms with Crippen LogP contribution in [-0.2, 0) is 0 Å². The molecule has 0 saturated carbocycles. The third-order valence-electron chi connectivity index (χ3n) is 4.33. The first-order valence-electron chi connectivity index (χ1n) is 7.47. The van der Waals surface area contributed by atoms with Gasteiger partial charge < -0.3 is 15.3 Å². The van der Waals surface area contributed by atoms with Gasteiger partial charge in [0.15, 0.2) is 0 Å². The Kier molecular flexibility index (Phi) is 3.33. The van der Waals surface area contributed by atoms with Crippen LogP contribution >= 0.6 is 11.3 Å². The standard InChI is InChI=1S/C16H14FN3O3S/c1-8-20-11-7-12(19-4-2-18-3-5-19)10(17)6-9(11)14(21)13(16(22)23)15(20)24-8/h6-7,18H,1-5H2,(H,22,23). The van der Waals surface area contributed by atoms with Gasteiger partial charge in [0.05, 0.1) is 21.3 Å². The Bertz CT molecular complexity index is 1080. The molecule has 2 N–H and O–H groups in total. The van der Waals surface area contributed by atoms with Crippen LogP contribution in [0.25, 0.3) is 22.3 Å². The second-order valence-corrected chi connectivity index (χ2v) is 6.77. The van der Waals surface area contributed by atoms with Gasteiger partial charge in [-0.1, -0.05) is 17.9 Å². The summed E-state index contributed by atoms with van der Waals surface area (Å²) in [6.45, 7) is 6.72. The van der Waals surface area contributed by atoms with Crippen molar-refractivity contribution in [2.75, 3.05) is 31.1 Å². The summed E-state index contributed by atoms with van der Waals surface area (Å²) in [6.07, 6.45) is 0. The van der Waals surface area contributed by atoms with E-state index in [0.29, 0.717) is 33.8 Å². The molecule has 0 atom stereocenters. The molecule has 0 unspecified atom stereocenters. The Balaban J connectivity index is 2.05. The zero-order valence-corrected chi connectivity index (χ0v) is 13.5. The lowest BCUT2D eigenvalue weighted by Gasteiger charge is -2.30. The molecule has 2 aromatic heterocycles. The Labute approximate surface area is 139 Å². The molecular formula is C16H14FN3O3S. The molecule has 0 spiro atoms. The van der Waals surface area contributed by atoms with Crippen molar-refractivity contribution in [1.29, 1.82) is 0 Å². The quantitative estimate of drug-likeness (QED) is 0.720. The summed E-state index contributed by atoms with van der Waals surface area (Å²) in [5.41, 5.74) is -0.0618. The van der Waals surface area contributed by atoms with E-state index in [2.05, 4.69) is 11.9 Å². The minimum absolute atomic E-state index is 0.0639. The number of pyridine rings is 1. The van der Waals surface area contributed by atoms with Gasteiger partial charge in [-0.15, -0.1) is 0 Å². The van der Waals surface area contributed by atoms with Crippen molar-refractivity contribution in [3.8, 4) is 0 Å². The summed E-state index contributed by atoms with van der Waals surface area (Å²) in [5.74, 6) is -1.83. The van der Waals surface area contributed by atoms with Gasteiger partial charge >= 0.3 is 5.97 Å². The van der Waals surface area contributed by atoms with Crippen LogP contribution in [0.5, 0.6) is 0 Å². The predicted molar refractivity (Wildman–Crippen MR) is 91.8 cm³/mol. The minimum Gasteiger partial charge on any atom is -0.477 e. The normalized spacial score (nSPS) is 15.5. The van der Waals surface area contributed by atoms with Gasteiger partial charge in [0.1, 0.15) is 16.2 Å². The highest BCUT2D eigenvalue weighted by atomic mass is 32.1. The summed E-state index contributed by atoms with van der Waals surface area (Å²) in [4.78, 5) is 26.2. The molecule has 3 aromatic rings. The van der Waals surface area contributed by atoms with Crippen LogP contribution in [0.4, 0.5) is 10.1 Å². The number of halogens is 1. The molecule has 0 aliphatic carbocycles. The van der Waals surface area contributed by atoms with Crippen molar-refractivity contribution in [3.63, 3.8) is 0 Å². The Morgan fingerprint density at radius 2 is 2.04 bits per heavy atom. The number of aromatic nitrogens is 1. The van der Waals surface area contributed by atoms with E-state index in [9.17, 15) is 19.1 Å². The second kappa shape index (κ2) is 5.29. The van der Waals surface area contributed by atoms with Gasteiger partial charge in [-0.3, -0.25) is 9.20 Å². The van der Waals surface area contributed by atoms with E-state index in [4.69, 9.17) is 0 Å². The molecule has 8 heteroatoms. The number of nitrogens with zero attached hydrogens (tertiary/aromatic N) is 2. The fourth-order valence-corrected chi connectivity index (χ4v) is 4.12. The van der Waals surface area contributed by atoms with Crippen molar-refractivity contribution in [2.24, 2.45) is 0 Å². The third kappa shape index (κ3) is 2.03. The highest BCUT2D eigenvalue weighted by Crippen LogP contribution is 2.27. The van der Waals surface area contributed by atoms with Crippen LogP contribution in [-0.4, -0.2) is 41.7 Å². The predicted octanol–water partition coefficient (Wildman–Crippen LogP) is 0.890. The maximum atomic E-state index is 14.6. The van der Waals surface area contributed by atoms with Gasteiger partial charge in [0, 0.05) is 26.2 Å². The van der Waals surface area contributed by atoms with E-state index in [1.165, 1.54) is 0 Å². The van der Waals surface area contributed by atoms with Crippen LogP contribution in [0.1, 0.15) is 10.4 Å². The minimum atomic E-state index is -1.31. The average molecular weight is 347 g/mol. The highest BCUT2D eigenvalue weighted by Gasteiger charge is 2.24. The fraction of sp³-hybridized carbons (Fsp3) is 0.250. The number of carboxylic acid groups (broad SMARTS) is 1. The number of piperazine rings is 1. The van der Waals surface area contributed by atoms with Gasteiger partial charge in [-0.2, -0.15) is 0 Å². The van der Waals surface area contributed by atoms with E-state index in [-0.39, 0.29) is 10.9 Å². The van der Waals surface area contributed by atoms with Crippen molar-refractivity contribution >= 4 is 45.3 Å². The topological polar surface area (TPSA) is 74.0 Å². The van der Waals surface area contributed by atoms with E-state index < -0.39 is 17.2 Å². The monoisotopic (exact) mass is 347 g/mol. The number of rotatable bonds is 2. The smallest absolute Gasteiger partial charge is 0.342 e. The molecule has 1 aliphatic heterocycles. The van der Waals surface area contributed by atoms with E-state index >= 15 is 0 Å². The van der Waals surface area contributed by atoms with E-state index in [1.54, 1.807) is 10.5 Å². The molecule has 3 heterocycles. The molecule has 6 nitrogen and oxygen atoms in total. The number of hydrogen-bond acceptors (Lipinski definition) is 5. The SMILES string of the molecule is C=c1sc2c(C(=O)O)c(=O)c3cc(F)c(N4CCNCC4)cc3n12. The molecule has 0 radical (unpaired) electrons. The zero-order valence-electron chi connectivity index (χ0n) is 12.6. The number of carboxylic acids is 1. The average Bonchev–Trinajstić information content (AvgIpc) is 2.55. The van der Waals surface area contributed by atoms with Crippen LogP contribution in [0.2, 0.25) is 0 Å². The molecule has 1 saturated heterocycles. The highest BCUT2D eigenvalue weighted by molar-refractivity contribution is 7.17. The van der Waals surface area contributed by atoms with Crippen molar-refractivity contribution < 1.29 is 14.3 Å². The van der Waals surface area contributed by atoms with E-state index in [1.807, 2.05) is 4.90 Å². The van der Waals surface area contributed by atoms with Crippen LogP contribution in [0.3, 0.4) is 0 Å². The summed E-state index contributed by atoms with van der Waals surface area (Å²) in [6, 6.07) is 2.77. The number of nitrogens with one attached hydrogen (secondary N) is 1. The van der Waals surface area contributed by atoms with Crippen LogP contribution < -0.4 is 20.3 Å². The molecule has 1 fully saturated rings. The second-order valence-electron chi connectivity index (χ2n) is 5.70. The Morgan fingerprint density at radius 1 is 1.33 bits per heavy atom. The number of anilines is 1. The molecule has 1 aliphatic rings. The number of fused-ring (bicyclic) bond motifs is 3. The lowest BCUT2D eigenvalue weighted by molar-refractivity contribution is 0.0697. The summed E-state index contributed by atoms with van der Waals surface area (Å²) >= 11 is 1.15. The first-order chi connectivity index (χ1) is 11.5. The van der Waals surface area contributed by atoms with Crippen molar-refractivity contribution in [3.05, 3.63) is 38.4 Å².